The molecular weight excluding hydrogens is 228 g/mol. The highest BCUT2D eigenvalue weighted by Crippen LogP contribution is 2.33. The Bertz CT molecular complexity index is 517. The number of nitrogens with two attached hydrogens (primary N) is 1. The summed E-state index contributed by atoms with van der Waals surface area (Å²) in [5, 5.41) is 4.05. The van der Waals surface area contributed by atoms with Crippen molar-refractivity contribution >= 4 is 0 Å². The summed E-state index contributed by atoms with van der Waals surface area (Å²) >= 11 is 0. The van der Waals surface area contributed by atoms with Crippen LogP contribution in [0.2, 0.25) is 0 Å². The lowest BCUT2D eigenvalue weighted by molar-refractivity contribution is 0.275. The lowest BCUT2D eigenvalue weighted by Gasteiger charge is -2.29. The van der Waals surface area contributed by atoms with Gasteiger partial charge in [-0.05, 0) is 25.0 Å². The highest BCUT2D eigenvalue weighted by molar-refractivity contribution is 5.50. The van der Waals surface area contributed by atoms with Crippen LogP contribution in [0.25, 0.3) is 11.5 Å². The van der Waals surface area contributed by atoms with Gasteiger partial charge in [-0.3, -0.25) is 4.98 Å². The summed E-state index contributed by atoms with van der Waals surface area (Å²) in [6.07, 6.45) is 8.79. The van der Waals surface area contributed by atoms with Gasteiger partial charge in [-0.2, -0.15) is 4.98 Å². The van der Waals surface area contributed by atoms with Crippen LogP contribution in [0.5, 0.6) is 0 Å². The van der Waals surface area contributed by atoms with Crippen LogP contribution in [0.1, 0.15) is 37.9 Å². The van der Waals surface area contributed by atoms with Crippen molar-refractivity contribution < 1.29 is 4.52 Å². The van der Waals surface area contributed by atoms with Crippen molar-refractivity contribution in [2.75, 3.05) is 0 Å². The molecule has 0 radical (unpaired) electrons. The first-order chi connectivity index (χ1) is 8.78. The maximum Gasteiger partial charge on any atom is 0.259 e. The third-order valence-corrected chi connectivity index (χ3v) is 3.53. The quantitative estimate of drug-likeness (QED) is 0.876. The average Bonchev–Trinajstić information content (AvgIpc) is 2.91. The van der Waals surface area contributed by atoms with Crippen LogP contribution in [0, 0.1) is 0 Å². The third kappa shape index (κ3) is 2.01. The lowest BCUT2D eigenvalue weighted by atomic mass is 9.82. The molecule has 0 spiro atoms. The Hall–Kier alpha value is -1.75. The molecule has 0 aliphatic heterocycles. The fourth-order valence-corrected chi connectivity index (χ4v) is 2.44. The number of aromatic nitrogens is 3. The van der Waals surface area contributed by atoms with E-state index in [4.69, 9.17) is 10.3 Å². The molecule has 1 fully saturated rings. The van der Waals surface area contributed by atoms with Crippen molar-refractivity contribution in [3.63, 3.8) is 0 Å². The van der Waals surface area contributed by atoms with Gasteiger partial charge in [0.2, 0.25) is 0 Å². The monoisotopic (exact) mass is 244 g/mol. The van der Waals surface area contributed by atoms with Crippen molar-refractivity contribution in [1.82, 2.24) is 15.1 Å². The van der Waals surface area contributed by atoms with Crippen molar-refractivity contribution in [2.45, 2.75) is 37.6 Å². The van der Waals surface area contributed by atoms with Gasteiger partial charge in [0.15, 0.2) is 5.82 Å². The molecule has 5 heteroatoms. The molecule has 18 heavy (non-hydrogen) atoms. The van der Waals surface area contributed by atoms with Crippen LogP contribution in [0.4, 0.5) is 0 Å². The molecule has 0 amide bonds. The minimum atomic E-state index is -0.414. The maximum atomic E-state index is 6.37. The molecule has 5 nitrogen and oxygen atoms in total. The van der Waals surface area contributed by atoms with E-state index in [1.165, 1.54) is 6.42 Å². The lowest BCUT2D eigenvalue weighted by Crippen LogP contribution is -2.39. The number of pyridine rings is 1. The normalized spacial score (nSPS) is 18.7. The zero-order valence-electron chi connectivity index (χ0n) is 10.2. The van der Waals surface area contributed by atoms with E-state index in [9.17, 15) is 0 Å². The summed E-state index contributed by atoms with van der Waals surface area (Å²) in [7, 11) is 0. The van der Waals surface area contributed by atoms with E-state index in [0.717, 1.165) is 31.2 Å². The third-order valence-electron chi connectivity index (χ3n) is 3.53. The van der Waals surface area contributed by atoms with Crippen molar-refractivity contribution in [1.29, 1.82) is 0 Å². The Morgan fingerprint density at radius 3 is 2.78 bits per heavy atom. The van der Waals surface area contributed by atoms with Crippen LogP contribution in [0.15, 0.2) is 29.0 Å². The van der Waals surface area contributed by atoms with Gasteiger partial charge in [0.25, 0.3) is 5.89 Å². The van der Waals surface area contributed by atoms with Gasteiger partial charge >= 0.3 is 0 Å². The van der Waals surface area contributed by atoms with Crippen molar-refractivity contribution in [2.24, 2.45) is 5.73 Å². The predicted molar refractivity (Wildman–Crippen MR) is 66.5 cm³/mol. The summed E-state index contributed by atoms with van der Waals surface area (Å²) < 4.78 is 5.29. The van der Waals surface area contributed by atoms with E-state index in [2.05, 4.69) is 15.1 Å². The van der Waals surface area contributed by atoms with Crippen LogP contribution < -0.4 is 5.73 Å². The van der Waals surface area contributed by atoms with E-state index in [1.807, 2.05) is 12.1 Å². The van der Waals surface area contributed by atoms with Gasteiger partial charge in [0.1, 0.15) is 0 Å². The number of hydrogen-bond donors (Lipinski definition) is 1. The zero-order valence-corrected chi connectivity index (χ0v) is 10.2. The summed E-state index contributed by atoms with van der Waals surface area (Å²) in [5.41, 5.74) is 6.79. The number of rotatable bonds is 2. The highest BCUT2D eigenvalue weighted by atomic mass is 16.5. The fraction of sp³-hybridized carbons (Fsp3) is 0.462. The molecule has 2 aromatic rings. The van der Waals surface area contributed by atoms with Crippen molar-refractivity contribution in [3.05, 3.63) is 30.4 Å². The first-order valence-electron chi connectivity index (χ1n) is 6.31. The fourth-order valence-electron chi connectivity index (χ4n) is 2.44. The summed E-state index contributed by atoms with van der Waals surface area (Å²) in [5.74, 6) is 1.12. The summed E-state index contributed by atoms with van der Waals surface area (Å²) in [6.45, 7) is 0. The Morgan fingerprint density at radius 2 is 2.06 bits per heavy atom. The number of nitrogens with zero attached hydrogens (tertiary/aromatic N) is 3. The first-order valence-corrected chi connectivity index (χ1v) is 6.31. The summed E-state index contributed by atoms with van der Waals surface area (Å²) in [4.78, 5) is 8.47. The largest absolute Gasteiger partial charge is 0.334 e. The average molecular weight is 244 g/mol. The van der Waals surface area contributed by atoms with Crippen LogP contribution in [0.3, 0.4) is 0 Å². The Morgan fingerprint density at radius 1 is 1.22 bits per heavy atom. The Labute approximate surface area is 105 Å². The predicted octanol–water partition coefficient (Wildman–Crippen LogP) is 2.25. The Balaban J connectivity index is 1.89. The van der Waals surface area contributed by atoms with E-state index in [1.54, 1.807) is 12.4 Å². The van der Waals surface area contributed by atoms with Crippen molar-refractivity contribution in [3.8, 4) is 11.5 Å². The maximum absolute atomic E-state index is 6.37. The molecule has 0 unspecified atom stereocenters. The van der Waals surface area contributed by atoms with Gasteiger partial charge in [0.05, 0.1) is 11.1 Å². The van der Waals surface area contributed by atoms with Gasteiger partial charge in [-0.15, -0.1) is 0 Å². The van der Waals surface area contributed by atoms with Crippen LogP contribution >= 0.6 is 0 Å². The molecule has 1 aliphatic carbocycles. The van der Waals surface area contributed by atoms with E-state index in [0.29, 0.717) is 11.7 Å². The Kier molecular flexibility index (Phi) is 2.83. The first kappa shape index (κ1) is 11.3. The SMILES string of the molecule is NC1(c2noc(-c3cccnc3)n2)CCCCC1. The molecular formula is C13H16N4O. The smallest absolute Gasteiger partial charge is 0.259 e. The standard InChI is InChI=1S/C13H16N4O/c14-13(6-2-1-3-7-13)12-16-11(18-17-12)10-5-4-8-15-9-10/h4-5,8-9H,1-3,6-7,14H2. The minimum Gasteiger partial charge on any atom is -0.334 e. The number of hydrogen-bond acceptors (Lipinski definition) is 5. The molecule has 0 bridgehead atoms. The second kappa shape index (κ2) is 4.49. The topological polar surface area (TPSA) is 77.8 Å². The van der Waals surface area contributed by atoms with Crippen LogP contribution in [-0.2, 0) is 5.54 Å². The molecule has 0 aromatic carbocycles. The van der Waals surface area contributed by atoms with E-state index in [-0.39, 0.29) is 0 Å². The van der Waals surface area contributed by atoms with Gasteiger partial charge in [-0.1, -0.05) is 24.4 Å². The second-order valence-electron chi connectivity index (χ2n) is 4.88. The zero-order chi connectivity index (χ0) is 12.4. The second-order valence-corrected chi connectivity index (χ2v) is 4.88. The minimum absolute atomic E-state index is 0.414. The van der Waals surface area contributed by atoms with Gasteiger partial charge in [0, 0.05) is 12.4 Å². The molecule has 3 rings (SSSR count). The van der Waals surface area contributed by atoms with E-state index >= 15 is 0 Å². The molecule has 1 saturated carbocycles. The van der Waals surface area contributed by atoms with Gasteiger partial charge in [-0.25, -0.2) is 0 Å². The van der Waals surface area contributed by atoms with Crippen LogP contribution in [-0.4, -0.2) is 15.1 Å². The molecule has 0 saturated heterocycles. The molecule has 2 heterocycles. The highest BCUT2D eigenvalue weighted by Gasteiger charge is 2.34. The molecule has 2 aromatic heterocycles. The summed E-state index contributed by atoms with van der Waals surface area (Å²) in [6, 6.07) is 3.74. The molecule has 94 valence electrons. The van der Waals surface area contributed by atoms with Gasteiger partial charge < -0.3 is 10.3 Å². The molecule has 0 atom stereocenters. The molecule has 2 N–H and O–H groups in total. The molecule has 1 aliphatic rings. The van der Waals surface area contributed by atoms with E-state index < -0.39 is 5.54 Å².